The SMILES string of the molecule is CCCCCCCCCCCCCCC/N=N\CSC1CCCCCCCCCC1. The quantitative estimate of drug-likeness (QED) is 0.164. The third-order valence-corrected chi connectivity index (χ3v) is 7.84. The van der Waals surface area contributed by atoms with Crippen LogP contribution in [0.5, 0.6) is 0 Å². The Morgan fingerprint density at radius 3 is 1.47 bits per heavy atom. The van der Waals surface area contributed by atoms with Crippen molar-refractivity contribution in [3.63, 3.8) is 0 Å². The van der Waals surface area contributed by atoms with E-state index in [1.807, 2.05) is 0 Å². The predicted octanol–water partition coefficient (Wildman–Crippen LogP) is 10.5. The summed E-state index contributed by atoms with van der Waals surface area (Å²) in [6.45, 7) is 3.24. The topological polar surface area (TPSA) is 24.7 Å². The van der Waals surface area contributed by atoms with Crippen LogP contribution in [-0.4, -0.2) is 17.7 Å². The zero-order valence-electron chi connectivity index (χ0n) is 20.6. The second-order valence-electron chi connectivity index (χ2n) is 9.57. The Morgan fingerprint density at radius 1 is 0.533 bits per heavy atom. The highest BCUT2D eigenvalue weighted by Gasteiger charge is 2.09. The molecule has 178 valence electrons. The summed E-state index contributed by atoms with van der Waals surface area (Å²) in [4.78, 5) is 0. The summed E-state index contributed by atoms with van der Waals surface area (Å²) in [5.41, 5.74) is 0. The Labute approximate surface area is 194 Å². The first-order valence-corrected chi connectivity index (χ1v) is 14.9. The number of hydrogen-bond acceptors (Lipinski definition) is 3. The fourth-order valence-electron chi connectivity index (χ4n) is 4.57. The molecule has 0 bridgehead atoms. The summed E-state index contributed by atoms with van der Waals surface area (Å²) in [5, 5.41) is 9.73. The van der Waals surface area contributed by atoms with Gasteiger partial charge in [0.25, 0.3) is 0 Å². The molecule has 0 saturated heterocycles. The van der Waals surface area contributed by atoms with Gasteiger partial charge < -0.3 is 0 Å². The van der Waals surface area contributed by atoms with Crippen molar-refractivity contribution in [1.82, 2.24) is 0 Å². The minimum absolute atomic E-state index is 0.832. The van der Waals surface area contributed by atoms with E-state index in [1.54, 1.807) is 0 Å². The maximum Gasteiger partial charge on any atom is 0.105 e. The molecular formula is C27H54N2S. The first-order chi connectivity index (χ1) is 14.9. The molecule has 1 rings (SSSR count). The second kappa shape index (κ2) is 23.6. The van der Waals surface area contributed by atoms with Crippen LogP contribution in [0.4, 0.5) is 0 Å². The lowest BCUT2D eigenvalue weighted by Crippen LogP contribution is -2.03. The third-order valence-electron chi connectivity index (χ3n) is 6.63. The molecule has 0 aliphatic heterocycles. The van der Waals surface area contributed by atoms with Crippen LogP contribution in [0.25, 0.3) is 0 Å². The van der Waals surface area contributed by atoms with Gasteiger partial charge in [-0.25, -0.2) is 0 Å². The minimum Gasteiger partial charge on any atom is -0.193 e. The van der Waals surface area contributed by atoms with E-state index in [-0.39, 0.29) is 0 Å². The van der Waals surface area contributed by atoms with Crippen molar-refractivity contribution in [1.29, 1.82) is 0 Å². The molecule has 1 aliphatic rings. The van der Waals surface area contributed by atoms with Gasteiger partial charge in [-0.15, -0.1) is 11.8 Å². The van der Waals surface area contributed by atoms with Gasteiger partial charge >= 0.3 is 0 Å². The average Bonchev–Trinajstić information content (AvgIpc) is 2.82. The number of nitrogens with zero attached hydrogens (tertiary/aromatic N) is 2. The lowest BCUT2D eigenvalue weighted by molar-refractivity contribution is 0.539. The van der Waals surface area contributed by atoms with Crippen LogP contribution in [0.1, 0.15) is 155 Å². The molecule has 2 nitrogen and oxygen atoms in total. The summed E-state index contributed by atoms with van der Waals surface area (Å²) in [6.07, 6.45) is 32.7. The molecule has 3 heteroatoms. The number of unbranched alkanes of at least 4 members (excludes halogenated alkanes) is 12. The van der Waals surface area contributed by atoms with Crippen LogP contribution in [0.3, 0.4) is 0 Å². The second-order valence-corrected chi connectivity index (χ2v) is 10.8. The van der Waals surface area contributed by atoms with Gasteiger partial charge in [-0.2, -0.15) is 10.2 Å². The number of azo groups is 1. The molecular weight excluding hydrogens is 384 g/mol. The van der Waals surface area contributed by atoms with Crippen LogP contribution in [0, 0.1) is 0 Å². The molecule has 0 radical (unpaired) electrons. The molecule has 0 N–H and O–H groups in total. The zero-order chi connectivity index (χ0) is 21.4. The van der Waals surface area contributed by atoms with Crippen molar-refractivity contribution < 1.29 is 0 Å². The van der Waals surface area contributed by atoms with Crippen molar-refractivity contribution in [3.8, 4) is 0 Å². The van der Waals surface area contributed by atoms with Gasteiger partial charge in [0.05, 0.1) is 6.54 Å². The highest BCUT2D eigenvalue weighted by Crippen LogP contribution is 2.25. The maximum atomic E-state index is 4.46. The Balaban J connectivity index is 1.84. The summed E-state index contributed by atoms with van der Waals surface area (Å²) >= 11 is 2.07. The predicted molar refractivity (Wildman–Crippen MR) is 138 cm³/mol. The third kappa shape index (κ3) is 19.9. The maximum absolute atomic E-state index is 4.46. The van der Waals surface area contributed by atoms with E-state index < -0.39 is 0 Å². The van der Waals surface area contributed by atoms with Crippen LogP contribution in [0.15, 0.2) is 10.2 Å². The van der Waals surface area contributed by atoms with Gasteiger partial charge in [-0.1, -0.05) is 135 Å². The summed E-state index contributed by atoms with van der Waals surface area (Å²) in [6, 6.07) is 0. The molecule has 0 atom stereocenters. The minimum atomic E-state index is 0.832. The Morgan fingerprint density at radius 2 is 0.967 bits per heavy atom. The van der Waals surface area contributed by atoms with E-state index in [9.17, 15) is 0 Å². The van der Waals surface area contributed by atoms with E-state index in [2.05, 4.69) is 28.9 Å². The summed E-state index contributed by atoms with van der Waals surface area (Å²) < 4.78 is 0. The molecule has 1 saturated carbocycles. The van der Waals surface area contributed by atoms with E-state index in [0.717, 1.165) is 17.7 Å². The van der Waals surface area contributed by atoms with Crippen LogP contribution >= 0.6 is 11.8 Å². The van der Waals surface area contributed by atoms with E-state index in [4.69, 9.17) is 0 Å². The standard InChI is InChI=1S/C27H54N2S/c1-2-3-4-5-6-7-8-9-10-13-16-19-22-25-28-29-26-30-27-23-20-17-14-11-12-15-18-21-24-27/h27H,2-26H2,1H3/b29-28-. The highest BCUT2D eigenvalue weighted by atomic mass is 32.2. The molecule has 1 aliphatic carbocycles. The lowest BCUT2D eigenvalue weighted by Gasteiger charge is -2.14. The smallest absolute Gasteiger partial charge is 0.105 e. The van der Waals surface area contributed by atoms with Crippen molar-refractivity contribution in [2.45, 2.75) is 160 Å². The average molecular weight is 439 g/mol. The molecule has 0 unspecified atom stereocenters. The molecule has 0 heterocycles. The van der Waals surface area contributed by atoms with Crippen molar-refractivity contribution in [2.24, 2.45) is 10.2 Å². The van der Waals surface area contributed by atoms with Gasteiger partial charge in [0.2, 0.25) is 0 Å². The van der Waals surface area contributed by atoms with E-state index >= 15 is 0 Å². The summed E-state index contributed by atoms with van der Waals surface area (Å²) in [7, 11) is 0. The first kappa shape index (κ1) is 28.0. The van der Waals surface area contributed by atoms with Crippen LogP contribution in [0.2, 0.25) is 0 Å². The highest BCUT2D eigenvalue weighted by molar-refractivity contribution is 7.99. The normalized spacial score (nSPS) is 17.4. The Bertz CT molecular complexity index is 347. The fourth-order valence-corrected chi connectivity index (χ4v) is 5.59. The van der Waals surface area contributed by atoms with Gasteiger partial charge in [0, 0.05) is 5.25 Å². The van der Waals surface area contributed by atoms with Crippen molar-refractivity contribution in [3.05, 3.63) is 0 Å². The zero-order valence-corrected chi connectivity index (χ0v) is 21.4. The number of hydrogen-bond donors (Lipinski definition) is 0. The first-order valence-electron chi connectivity index (χ1n) is 13.9. The monoisotopic (exact) mass is 438 g/mol. The van der Waals surface area contributed by atoms with Crippen LogP contribution < -0.4 is 0 Å². The van der Waals surface area contributed by atoms with Gasteiger partial charge in [0.1, 0.15) is 5.88 Å². The Hall–Kier alpha value is -0.0500. The largest absolute Gasteiger partial charge is 0.193 e. The van der Waals surface area contributed by atoms with Gasteiger partial charge in [0.15, 0.2) is 0 Å². The molecule has 30 heavy (non-hydrogen) atoms. The van der Waals surface area contributed by atoms with Crippen LogP contribution in [-0.2, 0) is 0 Å². The summed E-state index contributed by atoms with van der Waals surface area (Å²) in [5.74, 6) is 0.892. The molecule has 0 aromatic heterocycles. The van der Waals surface area contributed by atoms with Gasteiger partial charge in [-0.05, 0) is 19.3 Å². The van der Waals surface area contributed by atoms with Crippen molar-refractivity contribution >= 4 is 11.8 Å². The molecule has 0 aromatic carbocycles. The molecule has 1 fully saturated rings. The molecule has 0 amide bonds. The van der Waals surface area contributed by atoms with Crippen molar-refractivity contribution in [2.75, 3.05) is 12.4 Å². The number of rotatable bonds is 17. The van der Waals surface area contributed by atoms with Gasteiger partial charge in [-0.3, -0.25) is 0 Å². The molecule has 0 aromatic rings. The van der Waals surface area contributed by atoms with E-state index in [0.29, 0.717) is 0 Å². The fraction of sp³-hybridized carbons (Fsp3) is 1.00. The lowest BCUT2D eigenvalue weighted by atomic mass is 10.0. The molecule has 0 spiro atoms. The number of thioether (sulfide) groups is 1. The van der Waals surface area contributed by atoms with E-state index in [1.165, 1.54) is 148 Å². The Kier molecular flexibility index (Phi) is 22.0.